The largest absolute Gasteiger partial charge is 0.412 e. The Balaban J connectivity index is 4.38. The normalized spacial score (nSPS) is 14.1. The van der Waals surface area contributed by atoms with Gasteiger partial charge in [0.15, 0.2) is 0 Å². The van der Waals surface area contributed by atoms with Crippen molar-refractivity contribution in [2.45, 2.75) is 83.2 Å². The van der Waals surface area contributed by atoms with Gasteiger partial charge in [0.2, 0.25) is 0 Å². The third-order valence-electron chi connectivity index (χ3n) is 4.14. The van der Waals surface area contributed by atoms with Crippen LogP contribution in [0.5, 0.6) is 0 Å². The van der Waals surface area contributed by atoms with Crippen molar-refractivity contribution in [1.29, 1.82) is 0 Å². The van der Waals surface area contributed by atoms with E-state index in [2.05, 4.69) is 0 Å². The summed E-state index contributed by atoms with van der Waals surface area (Å²) in [6.07, 6.45) is -18.2. The van der Waals surface area contributed by atoms with E-state index in [1.165, 1.54) is 0 Å². The molecule has 0 amide bonds. The predicted octanol–water partition coefficient (Wildman–Crippen LogP) is 7.21. The van der Waals surface area contributed by atoms with Crippen molar-refractivity contribution in [2.24, 2.45) is 5.41 Å². The fourth-order valence-electron chi connectivity index (χ4n) is 2.63. The van der Waals surface area contributed by atoms with Crippen LogP contribution >= 0.6 is 0 Å². The minimum absolute atomic E-state index is 0.115. The molecule has 0 saturated carbocycles. The first kappa shape index (κ1) is 25.3. The lowest BCUT2D eigenvalue weighted by molar-refractivity contribution is -0.429. The molecule has 0 bridgehead atoms. The molecular weight excluding hydrogens is 379 g/mol. The van der Waals surface area contributed by atoms with Crippen molar-refractivity contribution in [1.82, 2.24) is 0 Å². The van der Waals surface area contributed by atoms with E-state index in [4.69, 9.17) is 4.74 Å². The zero-order valence-corrected chi connectivity index (χ0v) is 14.6. The van der Waals surface area contributed by atoms with Crippen LogP contribution in [0.3, 0.4) is 0 Å². The number of hydrogen-bond donors (Lipinski definition) is 0. The second-order valence-electron chi connectivity index (χ2n) is 6.24. The topological polar surface area (TPSA) is 9.23 Å². The summed E-state index contributed by atoms with van der Waals surface area (Å²) in [5, 5.41) is 0. The maximum absolute atomic E-state index is 12.7. The summed E-state index contributed by atoms with van der Waals surface area (Å²) >= 11 is 0. The molecule has 0 spiro atoms. The van der Waals surface area contributed by atoms with Crippen LogP contribution in [-0.4, -0.2) is 31.7 Å². The van der Waals surface area contributed by atoms with Gasteiger partial charge in [0.05, 0.1) is 0 Å². The summed E-state index contributed by atoms with van der Waals surface area (Å²) in [6, 6.07) is 0. The minimum atomic E-state index is -6.44. The molecule has 1 nitrogen and oxygen atoms in total. The molecule has 0 N–H and O–H groups in total. The van der Waals surface area contributed by atoms with Gasteiger partial charge in [0, 0.05) is 13.2 Å². The Morgan fingerprint density at radius 1 is 0.538 bits per heavy atom. The second kappa shape index (κ2) is 10.6. The third kappa shape index (κ3) is 7.15. The Kier molecular flexibility index (Phi) is 10.3. The van der Waals surface area contributed by atoms with Crippen LogP contribution in [0.4, 0.5) is 39.5 Å². The maximum Gasteiger partial charge on any atom is 0.412 e. The van der Waals surface area contributed by atoms with Gasteiger partial charge in [-0.3, -0.25) is 0 Å². The molecule has 0 rings (SSSR count). The summed E-state index contributed by atoms with van der Waals surface area (Å²) in [5.41, 5.74) is -5.66. The minimum Gasteiger partial charge on any atom is -0.381 e. The van der Waals surface area contributed by atoms with Crippen LogP contribution in [-0.2, 0) is 4.74 Å². The molecule has 10 heteroatoms. The van der Waals surface area contributed by atoms with Crippen LogP contribution in [0.1, 0.15) is 64.7 Å². The highest BCUT2D eigenvalue weighted by Gasteiger charge is 2.82. The molecule has 0 aliphatic heterocycles. The van der Waals surface area contributed by atoms with Crippen molar-refractivity contribution in [3.05, 3.63) is 0 Å². The van der Waals surface area contributed by atoms with E-state index in [1.807, 2.05) is 6.92 Å². The molecule has 0 fully saturated rings. The molecule has 26 heavy (non-hydrogen) atoms. The van der Waals surface area contributed by atoms with Crippen molar-refractivity contribution in [3.8, 4) is 0 Å². The van der Waals surface area contributed by atoms with Gasteiger partial charge < -0.3 is 4.74 Å². The van der Waals surface area contributed by atoms with E-state index in [1.54, 1.807) is 0 Å². The second-order valence-corrected chi connectivity index (χ2v) is 6.24. The number of ether oxygens (including phenoxy) is 1. The first-order valence-electron chi connectivity index (χ1n) is 8.59. The average Bonchev–Trinajstić information content (AvgIpc) is 2.44. The average molecular weight is 404 g/mol. The predicted molar refractivity (Wildman–Crippen MR) is 78.6 cm³/mol. The fourth-order valence-corrected chi connectivity index (χ4v) is 2.63. The van der Waals surface area contributed by atoms with Gasteiger partial charge in [-0.1, -0.05) is 45.4 Å². The van der Waals surface area contributed by atoms with Crippen LogP contribution in [0.15, 0.2) is 0 Å². The Morgan fingerprint density at radius 2 is 0.923 bits per heavy atom. The Labute approximate surface area is 147 Å². The summed E-state index contributed by atoms with van der Waals surface area (Å²) < 4.78 is 120. The van der Waals surface area contributed by atoms with Crippen LogP contribution < -0.4 is 0 Å². The first-order valence-corrected chi connectivity index (χ1v) is 8.59. The Hall–Kier alpha value is -0.670. The molecule has 0 heterocycles. The SMILES string of the molecule is CCCOCCCCCCCCCC(C(F)(F)F)(C(F)(F)F)C(F)(F)F. The highest BCUT2D eigenvalue weighted by atomic mass is 19.4. The molecule has 0 radical (unpaired) electrons. The van der Waals surface area contributed by atoms with Gasteiger partial charge in [0.25, 0.3) is 5.41 Å². The molecule has 0 unspecified atom stereocenters. The number of halogens is 9. The van der Waals surface area contributed by atoms with Crippen LogP contribution in [0.25, 0.3) is 0 Å². The first-order chi connectivity index (χ1) is 11.8. The molecule has 0 aromatic carbocycles. The molecule has 0 saturated heterocycles. The lowest BCUT2D eigenvalue weighted by Gasteiger charge is -2.38. The third-order valence-corrected chi connectivity index (χ3v) is 4.14. The lowest BCUT2D eigenvalue weighted by atomic mass is 9.80. The lowest BCUT2D eigenvalue weighted by Crippen LogP contribution is -2.59. The number of rotatable bonds is 12. The summed E-state index contributed by atoms with van der Waals surface area (Å²) in [5.74, 6) is 0. The molecule has 0 aromatic rings. The standard InChI is InChI=1S/C16H25F9O/c1-2-11-26-12-9-7-5-3-4-6-8-10-13(14(17,18)19,15(20,21)22)16(23,24)25/h2-12H2,1H3. The fraction of sp³-hybridized carbons (Fsp3) is 1.00. The summed E-state index contributed by atoms with van der Waals surface area (Å²) in [6.45, 7) is 3.20. The van der Waals surface area contributed by atoms with Gasteiger partial charge in [-0.05, 0) is 19.3 Å². The zero-order valence-electron chi connectivity index (χ0n) is 14.6. The molecule has 0 atom stereocenters. The number of unbranched alkanes of at least 4 members (excludes halogenated alkanes) is 6. The van der Waals surface area contributed by atoms with Crippen LogP contribution in [0, 0.1) is 5.41 Å². The highest BCUT2D eigenvalue weighted by molar-refractivity contribution is 4.99. The quantitative estimate of drug-likeness (QED) is 0.247. The van der Waals surface area contributed by atoms with Gasteiger partial charge in [-0.15, -0.1) is 0 Å². The monoisotopic (exact) mass is 404 g/mol. The molecule has 0 aliphatic carbocycles. The van der Waals surface area contributed by atoms with E-state index in [0.29, 0.717) is 32.5 Å². The van der Waals surface area contributed by atoms with Crippen molar-refractivity contribution in [3.63, 3.8) is 0 Å². The maximum atomic E-state index is 12.7. The van der Waals surface area contributed by atoms with E-state index >= 15 is 0 Å². The smallest absolute Gasteiger partial charge is 0.381 e. The van der Waals surface area contributed by atoms with Crippen molar-refractivity contribution >= 4 is 0 Å². The van der Waals surface area contributed by atoms with Crippen molar-refractivity contribution in [2.75, 3.05) is 13.2 Å². The van der Waals surface area contributed by atoms with E-state index < -0.39 is 36.8 Å². The van der Waals surface area contributed by atoms with Gasteiger partial charge in [0.1, 0.15) is 0 Å². The number of alkyl halides is 9. The molecular formula is C16H25F9O. The summed E-state index contributed by atoms with van der Waals surface area (Å²) in [4.78, 5) is 0. The van der Waals surface area contributed by atoms with E-state index in [-0.39, 0.29) is 6.42 Å². The molecule has 0 aromatic heterocycles. The Bertz CT molecular complexity index is 335. The van der Waals surface area contributed by atoms with Gasteiger partial charge >= 0.3 is 18.5 Å². The number of hydrogen-bond acceptors (Lipinski definition) is 1. The molecule has 0 aliphatic rings. The summed E-state index contributed by atoms with van der Waals surface area (Å²) in [7, 11) is 0. The van der Waals surface area contributed by atoms with E-state index in [9.17, 15) is 39.5 Å². The van der Waals surface area contributed by atoms with Crippen LogP contribution in [0.2, 0.25) is 0 Å². The van der Waals surface area contributed by atoms with Crippen molar-refractivity contribution < 1.29 is 44.3 Å². The molecule has 158 valence electrons. The van der Waals surface area contributed by atoms with Gasteiger partial charge in [-0.25, -0.2) is 0 Å². The van der Waals surface area contributed by atoms with E-state index in [0.717, 1.165) is 19.3 Å². The zero-order chi connectivity index (χ0) is 20.5. The Morgan fingerprint density at radius 3 is 1.31 bits per heavy atom. The highest BCUT2D eigenvalue weighted by Crippen LogP contribution is 2.61. The van der Waals surface area contributed by atoms with Gasteiger partial charge in [-0.2, -0.15) is 39.5 Å².